The lowest BCUT2D eigenvalue weighted by atomic mass is 9.95. The lowest BCUT2D eigenvalue weighted by molar-refractivity contribution is 0.139. The standard InChI is InChI=1S/C29H30N2O4S.ClH/c1-34-29-18-16-25(36(32,33)35-24-12-6-3-7-13-24)20-26(29)27-17-15-23(30-27)21-31-19-9-8-14-28(31)22-10-4-2-5-11-22;/h2-7,10-13,15-18,20,28,30H,8-9,14,19,21H2,1H3;1H/t28-;/m1./s1. The van der Waals surface area contributed by atoms with Crippen LogP contribution in [0.3, 0.4) is 0 Å². The summed E-state index contributed by atoms with van der Waals surface area (Å²) in [6.07, 6.45) is 3.56. The maximum absolute atomic E-state index is 12.9. The number of aromatic nitrogens is 1. The second-order valence-electron chi connectivity index (χ2n) is 9.00. The van der Waals surface area contributed by atoms with E-state index in [0.29, 0.717) is 17.4 Å². The van der Waals surface area contributed by atoms with Gasteiger partial charge in [-0.1, -0.05) is 55.0 Å². The first-order chi connectivity index (χ1) is 17.5. The molecule has 1 saturated heterocycles. The number of likely N-dealkylation sites (tertiary alicyclic amines) is 1. The van der Waals surface area contributed by atoms with Crippen molar-refractivity contribution in [2.45, 2.75) is 36.7 Å². The maximum Gasteiger partial charge on any atom is 0.339 e. The van der Waals surface area contributed by atoms with Gasteiger partial charge in [0.05, 0.1) is 7.11 Å². The van der Waals surface area contributed by atoms with E-state index in [9.17, 15) is 8.42 Å². The Morgan fingerprint density at radius 2 is 1.65 bits per heavy atom. The van der Waals surface area contributed by atoms with Crippen LogP contribution in [0.4, 0.5) is 0 Å². The van der Waals surface area contributed by atoms with Crippen molar-refractivity contribution in [3.8, 4) is 22.8 Å². The van der Waals surface area contributed by atoms with E-state index in [-0.39, 0.29) is 23.1 Å². The van der Waals surface area contributed by atoms with E-state index in [0.717, 1.165) is 30.9 Å². The number of methoxy groups -OCH3 is 1. The van der Waals surface area contributed by atoms with Crippen molar-refractivity contribution in [1.29, 1.82) is 0 Å². The number of H-pyrrole nitrogens is 1. The van der Waals surface area contributed by atoms with Crippen molar-refractivity contribution in [2.75, 3.05) is 13.7 Å². The number of nitrogens with one attached hydrogen (secondary N) is 1. The van der Waals surface area contributed by atoms with E-state index in [4.69, 9.17) is 8.92 Å². The maximum atomic E-state index is 12.9. The summed E-state index contributed by atoms with van der Waals surface area (Å²) in [7, 11) is -2.42. The predicted octanol–water partition coefficient (Wildman–Crippen LogP) is 6.61. The molecule has 0 bridgehead atoms. The number of hydrogen-bond donors (Lipinski definition) is 1. The third kappa shape index (κ3) is 6.18. The molecule has 194 valence electrons. The van der Waals surface area contributed by atoms with Gasteiger partial charge in [0, 0.05) is 29.5 Å². The molecular formula is C29H31ClN2O4S. The van der Waals surface area contributed by atoms with Crippen molar-refractivity contribution in [2.24, 2.45) is 0 Å². The quantitative estimate of drug-likeness (QED) is 0.256. The monoisotopic (exact) mass is 538 g/mol. The fourth-order valence-electron chi connectivity index (χ4n) is 4.85. The number of nitrogens with zero attached hydrogens (tertiary/aromatic N) is 1. The van der Waals surface area contributed by atoms with Gasteiger partial charge in [-0.2, -0.15) is 8.42 Å². The Morgan fingerprint density at radius 3 is 2.38 bits per heavy atom. The van der Waals surface area contributed by atoms with Crippen LogP contribution in [0, 0.1) is 0 Å². The van der Waals surface area contributed by atoms with Gasteiger partial charge >= 0.3 is 10.1 Å². The predicted molar refractivity (Wildman–Crippen MR) is 148 cm³/mol. The molecule has 6 nitrogen and oxygen atoms in total. The van der Waals surface area contributed by atoms with Gasteiger partial charge in [-0.3, -0.25) is 4.90 Å². The van der Waals surface area contributed by atoms with E-state index >= 15 is 0 Å². The number of benzene rings is 3. The zero-order valence-corrected chi connectivity index (χ0v) is 22.3. The number of para-hydroxylation sites is 1. The third-order valence-corrected chi connectivity index (χ3v) is 7.86. The van der Waals surface area contributed by atoms with Crippen LogP contribution in [0.25, 0.3) is 11.3 Å². The van der Waals surface area contributed by atoms with Crippen molar-refractivity contribution in [1.82, 2.24) is 9.88 Å². The Hall–Kier alpha value is -3.26. The summed E-state index contributed by atoms with van der Waals surface area (Å²) in [5.74, 6) is 0.855. The highest BCUT2D eigenvalue weighted by molar-refractivity contribution is 7.87. The molecule has 1 atom stereocenters. The van der Waals surface area contributed by atoms with Gasteiger partial charge in [-0.15, -0.1) is 12.4 Å². The molecule has 1 aliphatic rings. The number of ether oxygens (including phenoxy) is 1. The van der Waals surface area contributed by atoms with Gasteiger partial charge < -0.3 is 13.9 Å². The average Bonchev–Trinajstić information content (AvgIpc) is 3.38. The molecular weight excluding hydrogens is 508 g/mol. The lowest BCUT2D eigenvalue weighted by Gasteiger charge is -2.35. The van der Waals surface area contributed by atoms with E-state index < -0.39 is 10.1 Å². The number of halogens is 1. The van der Waals surface area contributed by atoms with Crippen LogP contribution in [-0.4, -0.2) is 32.0 Å². The fourth-order valence-corrected chi connectivity index (χ4v) is 5.80. The molecule has 8 heteroatoms. The van der Waals surface area contributed by atoms with Crippen LogP contribution in [0.5, 0.6) is 11.5 Å². The molecule has 0 spiro atoms. The van der Waals surface area contributed by atoms with Crippen LogP contribution < -0.4 is 8.92 Å². The van der Waals surface area contributed by atoms with Crippen molar-refractivity contribution in [3.05, 3.63) is 102 Å². The minimum atomic E-state index is -4.00. The normalized spacial score (nSPS) is 16.1. The molecule has 0 unspecified atom stereocenters. The van der Waals surface area contributed by atoms with Gasteiger partial charge in [0.25, 0.3) is 0 Å². The van der Waals surface area contributed by atoms with Crippen LogP contribution >= 0.6 is 12.4 Å². The molecule has 0 saturated carbocycles. The van der Waals surface area contributed by atoms with Gasteiger partial charge in [0.2, 0.25) is 0 Å². The Morgan fingerprint density at radius 1 is 0.919 bits per heavy atom. The highest BCUT2D eigenvalue weighted by atomic mass is 35.5. The van der Waals surface area contributed by atoms with Gasteiger partial charge in [0.15, 0.2) is 0 Å². The molecule has 2 heterocycles. The molecule has 1 aromatic heterocycles. The van der Waals surface area contributed by atoms with Crippen LogP contribution in [-0.2, 0) is 16.7 Å². The molecule has 37 heavy (non-hydrogen) atoms. The van der Waals surface area contributed by atoms with Crippen LogP contribution in [0.15, 0.2) is 95.9 Å². The minimum Gasteiger partial charge on any atom is -0.496 e. The molecule has 4 aromatic rings. The zero-order valence-electron chi connectivity index (χ0n) is 20.7. The molecule has 1 N–H and O–H groups in total. The second-order valence-corrected chi connectivity index (χ2v) is 10.5. The summed E-state index contributed by atoms with van der Waals surface area (Å²) in [5.41, 5.74) is 3.89. The Kier molecular flexibility index (Phi) is 8.59. The summed E-state index contributed by atoms with van der Waals surface area (Å²) in [4.78, 5) is 6.08. The fraction of sp³-hybridized carbons (Fsp3) is 0.241. The molecule has 5 rings (SSSR count). The van der Waals surface area contributed by atoms with Crippen LogP contribution in [0.1, 0.15) is 36.6 Å². The first-order valence-electron chi connectivity index (χ1n) is 12.2. The van der Waals surface area contributed by atoms with Crippen molar-refractivity contribution in [3.63, 3.8) is 0 Å². The minimum absolute atomic E-state index is 0. The topological polar surface area (TPSA) is 71.6 Å². The third-order valence-electron chi connectivity index (χ3n) is 6.62. The first-order valence-corrected chi connectivity index (χ1v) is 13.6. The number of hydrogen-bond acceptors (Lipinski definition) is 5. The van der Waals surface area contributed by atoms with Gasteiger partial charge in [0.1, 0.15) is 16.4 Å². The smallest absolute Gasteiger partial charge is 0.339 e. The van der Waals surface area contributed by atoms with Crippen LogP contribution in [0.2, 0.25) is 0 Å². The van der Waals surface area contributed by atoms with E-state index in [2.05, 4.69) is 46.3 Å². The second kappa shape index (κ2) is 11.9. The molecule has 0 aliphatic carbocycles. The number of aromatic amines is 1. The first kappa shape index (κ1) is 26.8. The molecule has 1 fully saturated rings. The van der Waals surface area contributed by atoms with E-state index in [1.165, 1.54) is 24.5 Å². The van der Waals surface area contributed by atoms with Crippen molar-refractivity contribution < 1.29 is 17.3 Å². The summed E-state index contributed by atoms with van der Waals surface area (Å²) >= 11 is 0. The summed E-state index contributed by atoms with van der Waals surface area (Å²) in [6.45, 7) is 1.83. The highest BCUT2D eigenvalue weighted by Crippen LogP contribution is 2.35. The number of piperidine rings is 1. The largest absolute Gasteiger partial charge is 0.496 e. The highest BCUT2D eigenvalue weighted by Gasteiger charge is 2.25. The SMILES string of the molecule is COc1ccc(S(=O)(=O)Oc2ccccc2)cc1-c1ccc(CN2CCCC[C@@H]2c2ccccc2)[nH]1.Cl. The van der Waals surface area contributed by atoms with Gasteiger partial charge in [-0.05, 0) is 67.4 Å². The van der Waals surface area contributed by atoms with Crippen molar-refractivity contribution >= 4 is 22.5 Å². The lowest BCUT2D eigenvalue weighted by Crippen LogP contribution is -2.33. The van der Waals surface area contributed by atoms with Gasteiger partial charge in [-0.25, -0.2) is 0 Å². The Balaban J connectivity index is 0.00000320. The summed E-state index contributed by atoms with van der Waals surface area (Å²) in [6, 6.07) is 28.4. The Labute approximate surface area is 224 Å². The Bertz CT molecular complexity index is 1410. The molecule has 0 radical (unpaired) electrons. The molecule has 3 aromatic carbocycles. The molecule has 1 aliphatic heterocycles. The zero-order chi connectivity index (χ0) is 25.0. The number of rotatable bonds is 8. The van der Waals surface area contributed by atoms with E-state index in [1.807, 2.05) is 6.07 Å². The molecule has 0 amide bonds. The summed E-state index contributed by atoms with van der Waals surface area (Å²) in [5, 5.41) is 0. The summed E-state index contributed by atoms with van der Waals surface area (Å²) < 4.78 is 36.8. The average molecular weight is 539 g/mol. The van der Waals surface area contributed by atoms with E-state index in [1.54, 1.807) is 49.6 Å².